The molecule has 4 nitrogen and oxygen atoms in total. The van der Waals surface area contributed by atoms with Gasteiger partial charge in [-0.2, -0.15) is 0 Å². The molecule has 0 bridgehead atoms. The number of hydrogen-bond acceptors (Lipinski definition) is 4. The Hall–Kier alpha value is -1.43. The molecule has 0 aliphatic carbocycles. The topological polar surface area (TPSA) is 41.3 Å². The van der Waals surface area contributed by atoms with Crippen LogP contribution in [-0.4, -0.2) is 36.1 Å². The molecule has 1 N–H and O–H groups in total. The summed E-state index contributed by atoms with van der Waals surface area (Å²) in [6.45, 7) is 5.38. The lowest BCUT2D eigenvalue weighted by Gasteiger charge is -2.22. The number of hydrogen-bond donors (Lipinski definition) is 1. The maximum Gasteiger partial charge on any atom is 0.226 e. The number of benzene rings is 1. The molecule has 0 saturated carbocycles. The van der Waals surface area contributed by atoms with Gasteiger partial charge in [0.1, 0.15) is 12.1 Å². The van der Waals surface area contributed by atoms with E-state index in [0.717, 1.165) is 44.0 Å². The highest BCUT2D eigenvalue weighted by atomic mass is 35.5. The minimum absolute atomic E-state index is 0. The van der Waals surface area contributed by atoms with Gasteiger partial charge in [-0.1, -0.05) is 0 Å². The van der Waals surface area contributed by atoms with Crippen molar-refractivity contribution in [2.45, 2.75) is 19.4 Å². The zero-order valence-electron chi connectivity index (χ0n) is 12.9. The summed E-state index contributed by atoms with van der Waals surface area (Å²) in [6, 6.07) is 6.24. The van der Waals surface area contributed by atoms with Crippen LogP contribution in [0.5, 0.6) is 0 Å². The summed E-state index contributed by atoms with van der Waals surface area (Å²) in [6.07, 6.45) is 4.27. The van der Waals surface area contributed by atoms with E-state index in [1.54, 1.807) is 18.4 Å². The molecule has 2 aliphatic rings. The SMILES string of the molecule is Cl.Fc1ccc(-c2nc(CN3CCC4(CCNC4)C3)co2)cc1. The second kappa shape index (κ2) is 6.59. The Morgan fingerprint density at radius 1 is 1.26 bits per heavy atom. The number of halogens is 2. The van der Waals surface area contributed by atoms with Gasteiger partial charge in [0.2, 0.25) is 5.89 Å². The first kappa shape index (κ1) is 16.4. The summed E-state index contributed by atoms with van der Waals surface area (Å²) in [7, 11) is 0. The standard InChI is InChI=1S/C17H20FN3O.ClH/c18-14-3-1-13(2-4-14)16-20-15(10-22-16)9-21-8-6-17(12-21)5-7-19-11-17;/h1-4,10,19H,5-9,11-12H2;1H. The van der Waals surface area contributed by atoms with Crippen LogP contribution in [0.2, 0.25) is 0 Å². The van der Waals surface area contributed by atoms with Crippen LogP contribution < -0.4 is 5.32 Å². The minimum atomic E-state index is -0.247. The van der Waals surface area contributed by atoms with Crippen LogP contribution in [0.4, 0.5) is 4.39 Å². The van der Waals surface area contributed by atoms with Crippen molar-refractivity contribution in [3.63, 3.8) is 0 Å². The molecule has 0 radical (unpaired) electrons. The molecule has 4 rings (SSSR count). The van der Waals surface area contributed by atoms with Gasteiger partial charge in [0, 0.05) is 25.2 Å². The van der Waals surface area contributed by atoms with Crippen molar-refractivity contribution in [3.05, 3.63) is 42.0 Å². The molecule has 1 spiro atoms. The molecule has 0 amide bonds. The van der Waals surface area contributed by atoms with Crippen LogP contribution in [0.25, 0.3) is 11.5 Å². The van der Waals surface area contributed by atoms with Crippen molar-refractivity contribution >= 4 is 12.4 Å². The largest absolute Gasteiger partial charge is 0.444 e. The molecule has 1 aromatic heterocycles. The minimum Gasteiger partial charge on any atom is -0.444 e. The molecule has 2 fully saturated rings. The summed E-state index contributed by atoms with van der Waals surface area (Å²) in [5, 5.41) is 3.48. The maximum atomic E-state index is 13.0. The van der Waals surface area contributed by atoms with E-state index < -0.39 is 0 Å². The van der Waals surface area contributed by atoms with Gasteiger partial charge in [0.15, 0.2) is 0 Å². The Balaban J connectivity index is 0.00000156. The van der Waals surface area contributed by atoms with E-state index in [0.29, 0.717) is 11.3 Å². The van der Waals surface area contributed by atoms with E-state index in [4.69, 9.17) is 4.42 Å². The lowest BCUT2D eigenvalue weighted by molar-refractivity contribution is 0.266. The van der Waals surface area contributed by atoms with E-state index in [9.17, 15) is 4.39 Å². The molecule has 2 saturated heterocycles. The third kappa shape index (κ3) is 3.42. The van der Waals surface area contributed by atoms with Crippen molar-refractivity contribution in [2.24, 2.45) is 5.41 Å². The summed E-state index contributed by atoms with van der Waals surface area (Å²) in [5.41, 5.74) is 2.23. The van der Waals surface area contributed by atoms with Crippen molar-refractivity contribution in [1.29, 1.82) is 0 Å². The zero-order chi connectivity index (χ0) is 15.0. The summed E-state index contributed by atoms with van der Waals surface area (Å²) in [5.74, 6) is 0.314. The Kier molecular flexibility index (Phi) is 4.71. The fourth-order valence-electron chi connectivity index (χ4n) is 3.64. The first-order valence-electron chi connectivity index (χ1n) is 7.86. The van der Waals surface area contributed by atoms with Gasteiger partial charge in [0.05, 0.1) is 5.69 Å². The number of nitrogens with one attached hydrogen (secondary N) is 1. The van der Waals surface area contributed by atoms with Gasteiger partial charge < -0.3 is 9.73 Å². The van der Waals surface area contributed by atoms with Gasteiger partial charge in [-0.05, 0) is 55.6 Å². The normalized spacial score (nSPS) is 24.2. The first-order valence-corrected chi connectivity index (χ1v) is 7.86. The molecular formula is C17H21ClFN3O. The second-order valence-electron chi connectivity index (χ2n) is 6.54. The summed E-state index contributed by atoms with van der Waals surface area (Å²) < 4.78 is 18.5. The van der Waals surface area contributed by atoms with E-state index >= 15 is 0 Å². The molecule has 2 aromatic rings. The summed E-state index contributed by atoms with van der Waals surface area (Å²) in [4.78, 5) is 7.00. The van der Waals surface area contributed by atoms with Gasteiger partial charge in [0.25, 0.3) is 0 Å². The smallest absolute Gasteiger partial charge is 0.226 e. The third-order valence-electron chi connectivity index (χ3n) is 4.88. The third-order valence-corrected chi connectivity index (χ3v) is 4.88. The van der Waals surface area contributed by atoms with Crippen LogP contribution in [0.3, 0.4) is 0 Å². The molecule has 1 aromatic carbocycles. The number of aromatic nitrogens is 1. The molecule has 2 aliphatic heterocycles. The Labute approximate surface area is 141 Å². The fourth-order valence-corrected chi connectivity index (χ4v) is 3.64. The van der Waals surface area contributed by atoms with Gasteiger partial charge in [-0.15, -0.1) is 12.4 Å². The molecule has 1 atom stereocenters. The number of oxazole rings is 1. The van der Waals surface area contributed by atoms with E-state index in [-0.39, 0.29) is 18.2 Å². The molecular weight excluding hydrogens is 317 g/mol. The average Bonchev–Trinajstić information content (AvgIpc) is 3.24. The molecule has 1 unspecified atom stereocenters. The van der Waals surface area contributed by atoms with Crippen LogP contribution in [0, 0.1) is 11.2 Å². The van der Waals surface area contributed by atoms with Crippen molar-refractivity contribution in [2.75, 3.05) is 26.2 Å². The molecule has 124 valence electrons. The number of rotatable bonds is 3. The average molecular weight is 338 g/mol. The summed E-state index contributed by atoms with van der Waals surface area (Å²) >= 11 is 0. The Morgan fingerprint density at radius 2 is 2.09 bits per heavy atom. The quantitative estimate of drug-likeness (QED) is 0.934. The predicted molar refractivity (Wildman–Crippen MR) is 89.0 cm³/mol. The zero-order valence-corrected chi connectivity index (χ0v) is 13.7. The van der Waals surface area contributed by atoms with Crippen LogP contribution >= 0.6 is 12.4 Å². The van der Waals surface area contributed by atoms with Crippen molar-refractivity contribution in [1.82, 2.24) is 15.2 Å². The van der Waals surface area contributed by atoms with Crippen LogP contribution in [0.15, 0.2) is 34.9 Å². The van der Waals surface area contributed by atoms with Crippen molar-refractivity contribution < 1.29 is 8.81 Å². The number of likely N-dealkylation sites (tertiary alicyclic amines) is 1. The highest BCUT2D eigenvalue weighted by molar-refractivity contribution is 5.85. The highest BCUT2D eigenvalue weighted by Gasteiger charge is 2.40. The lowest BCUT2D eigenvalue weighted by Crippen LogP contribution is -2.29. The van der Waals surface area contributed by atoms with Gasteiger partial charge in [-0.3, -0.25) is 4.90 Å². The Morgan fingerprint density at radius 3 is 2.83 bits per heavy atom. The Bertz CT molecular complexity index is 652. The maximum absolute atomic E-state index is 13.0. The second-order valence-corrected chi connectivity index (χ2v) is 6.54. The van der Waals surface area contributed by atoms with E-state index in [2.05, 4.69) is 15.2 Å². The monoisotopic (exact) mass is 337 g/mol. The van der Waals surface area contributed by atoms with Gasteiger partial charge in [-0.25, -0.2) is 9.37 Å². The lowest BCUT2D eigenvalue weighted by atomic mass is 9.87. The predicted octanol–water partition coefficient (Wildman–Crippen LogP) is 3.09. The first-order chi connectivity index (χ1) is 10.7. The fraction of sp³-hybridized carbons (Fsp3) is 0.471. The highest BCUT2D eigenvalue weighted by Crippen LogP contribution is 2.36. The van der Waals surface area contributed by atoms with Crippen molar-refractivity contribution in [3.8, 4) is 11.5 Å². The van der Waals surface area contributed by atoms with Crippen LogP contribution in [-0.2, 0) is 6.54 Å². The molecule has 3 heterocycles. The number of nitrogens with zero attached hydrogens (tertiary/aromatic N) is 2. The van der Waals surface area contributed by atoms with Gasteiger partial charge >= 0.3 is 0 Å². The van der Waals surface area contributed by atoms with Crippen LogP contribution in [0.1, 0.15) is 18.5 Å². The van der Waals surface area contributed by atoms with E-state index in [1.807, 2.05) is 0 Å². The molecule has 6 heteroatoms. The van der Waals surface area contributed by atoms with E-state index in [1.165, 1.54) is 25.0 Å². The molecule has 23 heavy (non-hydrogen) atoms.